The number of pyridine rings is 1. The van der Waals surface area contributed by atoms with Crippen LogP contribution in [0.2, 0.25) is 5.02 Å². The third kappa shape index (κ3) is 4.35. The predicted octanol–water partition coefficient (Wildman–Crippen LogP) is 4.85. The maximum absolute atomic E-state index is 13.0. The molecule has 1 N–H and O–H groups in total. The van der Waals surface area contributed by atoms with Gasteiger partial charge < -0.3 is 15.0 Å². The van der Waals surface area contributed by atoms with Gasteiger partial charge in [0.15, 0.2) is 0 Å². The zero-order valence-corrected chi connectivity index (χ0v) is 17.5. The lowest BCUT2D eigenvalue weighted by atomic mass is 9.85. The molecule has 0 aliphatic rings. The second kappa shape index (κ2) is 8.97. The molecule has 3 rings (SSSR count). The number of hydrogen-bond donors (Lipinski definition) is 1. The van der Waals surface area contributed by atoms with Crippen LogP contribution < -0.4 is 10.1 Å². The van der Waals surface area contributed by atoms with Gasteiger partial charge in [0.05, 0.1) is 12.8 Å². The van der Waals surface area contributed by atoms with Gasteiger partial charge in [-0.3, -0.25) is 4.98 Å². The molecule has 3 aromatic rings. The van der Waals surface area contributed by atoms with Gasteiger partial charge in [0, 0.05) is 24.8 Å². The Bertz CT molecular complexity index is 946. The molecule has 1 atom stereocenters. The van der Waals surface area contributed by atoms with E-state index in [0.717, 1.165) is 22.6 Å². The van der Waals surface area contributed by atoms with Crippen LogP contribution in [0.5, 0.6) is 5.75 Å². The normalized spacial score (nSPS) is 12.7. The van der Waals surface area contributed by atoms with Gasteiger partial charge in [-0.25, -0.2) is 4.79 Å². The van der Waals surface area contributed by atoms with Crippen molar-refractivity contribution in [3.05, 3.63) is 94.8 Å². The number of halogens is 1. The standard InChI is InChI=1S/C23H24ClN3O2/c1-23(21-6-4-5-15-26-21,18-9-11-19(24)12-10-18)27(22(28)25-2)16-17-7-13-20(29-3)14-8-17/h4-15H,16H2,1-3H3,(H,25,28)/t23-/m1/s1. The summed E-state index contributed by atoms with van der Waals surface area (Å²) in [6.07, 6.45) is 1.74. The zero-order valence-electron chi connectivity index (χ0n) is 16.7. The minimum atomic E-state index is -0.814. The van der Waals surface area contributed by atoms with Crippen LogP contribution >= 0.6 is 11.6 Å². The Morgan fingerprint density at radius 3 is 2.34 bits per heavy atom. The molecule has 0 saturated heterocycles. The Morgan fingerprint density at radius 2 is 1.79 bits per heavy atom. The second-order valence-electron chi connectivity index (χ2n) is 6.78. The number of carbonyl (C=O) groups is 1. The lowest BCUT2D eigenvalue weighted by Gasteiger charge is -2.41. The van der Waals surface area contributed by atoms with Gasteiger partial charge in [-0.15, -0.1) is 0 Å². The van der Waals surface area contributed by atoms with Crippen molar-refractivity contribution in [3.8, 4) is 5.75 Å². The van der Waals surface area contributed by atoms with Crippen LogP contribution in [-0.4, -0.2) is 30.1 Å². The van der Waals surface area contributed by atoms with Crippen LogP contribution in [0, 0.1) is 0 Å². The van der Waals surface area contributed by atoms with Crippen molar-refractivity contribution in [1.29, 1.82) is 0 Å². The summed E-state index contributed by atoms with van der Waals surface area (Å²) in [6, 6.07) is 20.7. The molecule has 2 amide bonds. The highest BCUT2D eigenvalue weighted by Gasteiger charge is 2.39. The van der Waals surface area contributed by atoms with Gasteiger partial charge in [-0.1, -0.05) is 41.9 Å². The minimum absolute atomic E-state index is 0.205. The van der Waals surface area contributed by atoms with Gasteiger partial charge >= 0.3 is 6.03 Å². The number of methoxy groups -OCH3 is 1. The van der Waals surface area contributed by atoms with Gasteiger partial charge in [0.25, 0.3) is 0 Å². The number of ether oxygens (including phenoxy) is 1. The predicted molar refractivity (Wildman–Crippen MR) is 115 cm³/mol. The lowest BCUT2D eigenvalue weighted by Crippen LogP contribution is -2.51. The first kappa shape index (κ1) is 20.7. The monoisotopic (exact) mass is 409 g/mol. The Balaban J connectivity index is 2.12. The van der Waals surface area contributed by atoms with Crippen LogP contribution in [0.3, 0.4) is 0 Å². The fourth-order valence-corrected chi connectivity index (χ4v) is 3.47. The second-order valence-corrected chi connectivity index (χ2v) is 7.22. The van der Waals surface area contributed by atoms with Gasteiger partial charge in [0.2, 0.25) is 0 Å². The largest absolute Gasteiger partial charge is 0.497 e. The molecule has 0 fully saturated rings. The highest BCUT2D eigenvalue weighted by atomic mass is 35.5. The number of carbonyl (C=O) groups excluding carboxylic acids is 1. The van der Waals surface area contributed by atoms with Crippen LogP contribution in [0.25, 0.3) is 0 Å². The molecule has 6 heteroatoms. The molecule has 0 saturated carbocycles. The van der Waals surface area contributed by atoms with Crippen molar-refractivity contribution in [2.75, 3.05) is 14.2 Å². The summed E-state index contributed by atoms with van der Waals surface area (Å²) in [5.74, 6) is 0.769. The summed E-state index contributed by atoms with van der Waals surface area (Å²) in [7, 11) is 3.26. The smallest absolute Gasteiger partial charge is 0.318 e. The van der Waals surface area contributed by atoms with Gasteiger partial charge in [-0.05, 0) is 54.4 Å². The first-order chi connectivity index (χ1) is 14.0. The number of nitrogens with one attached hydrogen (secondary N) is 1. The van der Waals surface area contributed by atoms with Gasteiger partial charge in [-0.2, -0.15) is 0 Å². The molecule has 0 aliphatic carbocycles. The van der Waals surface area contributed by atoms with Crippen molar-refractivity contribution in [3.63, 3.8) is 0 Å². The number of amides is 2. The fourth-order valence-electron chi connectivity index (χ4n) is 3.35. The SMILES string of the molecule is CNC(=O)N(Cc1ccc(OC)cc1)[C@](C)(c1ccc(Cl)cc1)c1ccccn1. The minimum Gasteiger partial charge on any atom is -0.497 e. The van der Waals surface area contributed by atoms with E-state index < -0.39 is 5.54 Å². The van der Waals surface area contributed by atoms with E-state index in [-0.39, 0.29) is 6.03 Å². The maximum atomic E-state index is 13.0. The number of nitrogens with zero attached hydrogens (tertiary/aromatic N) is 2. The van der Waals surface area contributed by atoms with Gasteiger partial charge in [0.1, 0.15) is 11.3 Å². The summed E-state index contributed by atoms with van der Waals surface area (Å²) in [6.45, 7) is 2.39. The quantitative estimate of drug-likeness (QED) is 0.633. The van der Waals surface area contributed by atoms with E-state index >= 15 is 0 Å². The van der Waals surface area contributed by atoms with Crippen LogP contribution in [0.15, 0.2) is 72.9 Å². The highest BCUT2D eigenvalue weighted by molar-refractivity contribution is 6.30. The van der Waals surface area contributed by atoms with E-state index in [9.17, 15) is 4.79 Å². The Hall–Kier alpha value is -3.05. The van der Waals surface area contributed by atoms with E-state index in [1.165, 1.54) is 0 Å². The molecule has 2 aromatic carbocycles. The molecule has 29 heavy (non-hydrogen) atoms. The number of hydrogen-bond acceptors (Lipinski definition) is 3. The van der Waals surface area contributed by atoms with Crippen LogP contribution in [0.1, 0.15) is 23.7 Å². The fraction of sp³-hybridized carbons (Fsp3) is 0.217. The first-order valence-electron chi connectivity index (χ1n) is 9.29. The van der Waals surface area contributed by atoms with E-state index in [2.05, 4.69) is 10.3 Å². The van der Waals surface area contributed by atoms with E-state index in [0.29, 0.717) is 11.6 Å². The van der Waals surface area contributed by atoms with Crippen LogP contribution in [0.4, 0.5) is 4.79 Å². The van der Waals surface area contributed by atoms with Crippen molar-refractivity contribution in [2.45, 2.75) is 19.0 Å². The van der Waals surface area contributed by atoms with Crippen LogP contribution in [-0.2, 0) is 12.1 Å². The first-order valence-corrected chi connectivity index (χ1v) is 9.66. The van der Waals surface area contributed by atoms with E-state index in [1.54, 1.807) is 25.3 Å². The summed E-state index contributed by atoms with van der Waals surface area (Å²) >= 11 is 6.12. The summed E-state index contributed by atoms with van der Waals surface area (Å²) < 4.78 is 5.24. The molecule has 1 heterocycles. The summed E-state index contributed by atoms with van der Waals surface area (Å²) in [4.78, 5) is 19.4. The Labute approximate surface area is 176 Å². The number of rotatable bonds is 6. The molecule has 1 aromatic heterocycles. The van der Waals surface area contributed by atoms with Crippen molar-refractivity contribution >= 4 is 17.6 Å². The van der Waals surface area contributed by atoms with E-state index in [1.807, 2.05) is 73.7 Å². The topological polar surface area (TPSA) is 54.5 Å². The molecule has 0 bridgehead atoms. The number of urea groups is 1. The molecule has 0 spiro atoms. The molecule has 0 aliphatic heterocycles. The zero-order chi connectivity index (χ0) is 20.9. The average Bonchev–Trinajstić information content (AvgIpc) is 2.78. The Morgan fingerprint density at radius 1 is 1.10 bits per heavy atom. The maximum Gasteiger partial charge on any atom is 0.318 e. The lowest BCUT2D eigenvalue weighted by molar-refractivity contribution is 0.139. The third-order valence-electron chi connectivity index (χ3n) is 5.07. The third-order valence-corrected chi connectivity index (χ3v) is 5.32. The highest BCUT2D eigenvalue weighted by Crippen LogP contribution is 2.36. The molecule has 0 unspecified atom stereocenters. The molecule has 0 radical (unpaired) electrons. The average molecular weight is 410 g/mol. The number of aromatic nitrogens is 1. The van der Waals surface area contributed by atoms with E-state index in [4.69, 9.17) is 16.3 Å². The molecular weight excluding hydrogens is 386 g/mol. The Kier molecular flexibility index (Phi) is 6.39. The number of benzene rings is 2. The van der Waals surface area contributed by atoms with Crippen molar-refractivity contribution in [2.24, 2.45) is 0 Å². The molecular formula is C23H24ClN3O2. The summed E-state index contributed by atoms with van der Waals surface area (Å²) in [5.41, 5.74) is 1.84. The molecule has 5 nitrogen and oxygen atoms in total. The van der Waals surface area contributed by atoms with Crippen molar-refractivity contribution < 1.29 is 9.53 Å². The van der Waals surface area contributed by atoms with Crippen molar-refractivity contribution in [1.82, 2.24) is 15.2 Å². The molecule has 150 valence electrons. The summed E-state index contributed by atoms with van der Waals surface area (Å²) in [5, 5.41) is 3.41.